The fourth-order valence-electron chi connectivity index (χ4n) is 2.30. The molecule has 0 bridgehead atoms. The minimum Gasteiger partial charge on any atom is -0.497 e. The van der Waals surface area contributed by atoms with Gasteiger partial charge in [0.2, 0.25) is 0 Å². The molecular weight excluding hydrogens is 433 g/mol. The summed E-state index contributed by atoms with van der Waals surface area (Å²) in [5.41, 5.74) is 1.29. The second-order valence-electron chi connectivity index (χ2n) is 5.32. The van der Waals surface area contributed by atoms with Gasteiger partial charge in [0.1, 0.15) is 5.75 Å². The molecule has 0 aliphatic carbocycles. The molecule has 0 amide bonds. The summed E-state index contributed by atoms with van der Waals surface area (Å²) in [6.07, 6.45) is 2.07. The van der Waals surface area contributed by atoms with Gasteiger partial charge in [0, 0.05) is 23.3 Å². The average Bonchev–Trinajstić information content (AvgIpc) is 3.00. The quantitative estimate of drug-likeness (QED) is 0.285. The van der Waals surface area contributed by atoms with Gasteiger partial charge in [-0.15, -0.1) is 35.3 Å². The number of hydrogen-bond donors (Lipinski definition) is 2. The molecule has 1 heterocycles. The molecule has 0 spiro atoms. The van der Waals surface area contributed by atoms with Gasteiger partial charge in [-0.05, 0) is 49.6 Å². The summed E-state index contributed by atoms with van der Waals surface area (Å²) in [6.45, 7) is 3.83. The van der Waals surface area contributed by atoms with Crippen LogP contribution in [-0.4, -0.2) is 26.7 Å². The summed E-state index contributed by atoms with van der Waals surface area (Å²) in [7, 11) is 3.50. The lowest BCUT2D eigenvalue weighted by Crippen LogP contribution is -2.37. The molecular formula is C18H26IN3OS. The Morgan fingerprint density at radius 3 is 2.71 bits per heavy atom. The number of aliphatic imine (C=N–C) groups is 1. The zero-order valence-electron chi connectivity index (χ0n) is 14.5. The van der Waals surface area contributed by atoms with Gasteiger partial charge in [0.05, 0.1) is 13.7 Å². The van der Waals surface area contributed by atoms with Crippen molar-refractivity contribution in [3.8, 4) is 5.75 Å². The van der Waals surface area contributed by atoms with E-state index in [1.807, 2.05) is 23.5 Å². The van der Waals surface area contributed by atoms with Crippen LogP contribution in [0.25, 0.3) is 0 Å². The van der Waals surface area contributed by atoms with Gasteiger partial charge >= 0.3 is 0 Å². The van der Waals surface area contributed by atoms with Crippen molar-refractivity contribution in [2.45, 2.75) is 26.3 Å². The van der Waals surface area contributed by atoms with Crippen LogP contribution in [0.3, 0.4) is 0 Å². The maximum atomic E-state index is 5.25. The van der Waals surface area contributed by atoms with Gasteiger partial charge in [0.25, 0.3) is 0 Å². The van der Waals surface area contributed by atoms with Crippen LogP contribution in [0.2, 0.25) is 0 Å². The monoisotopic (exact) mass is 459 g/mol. The van der Waals surface area contributed by atoms with Crippen molar-refractivity contribution in [2.75, 3.05) is 20.7 Å². The van der Waals surface area contributed by atoms with Gasteiger partial charge in [0.15, 0.2) is 5.96 Å². The zero-order chi connectivity index (χ0) is 16.5. The minimum atomic E-state index is 0. The van der Waals surface area contributed by atoms with Crippen molar-refractivity contribution < 1.29 is 4.74 Å². The molecule has 6 heteroatoms. The molecule has 0 radical (unpaired) electrons. The van der Waals surface area contributed by atoms with E-state index in [1.54, 1.807) is 14.2 Å². The molecule has 24 heavy (non-hydrogen) atoms. The SMILES string of the molecule is CN=C(NCCCc1cccc(OC)c1)NCc1ccc(C)s1.I. The molecule has 0 aliphatic heterocycles. The number of guanidine groups is 1. The van der Waals surface area contributed by atoms with Crippen LogP contribution in [0, 0.1) is 6.92 Å². The number of nitrogens with zero attached hydrogens (tertiary/aromatic N) is 1. The second-order valence-corrected chi connectivity index (χ2v) is 6.69. The Morgan fingerprint density at radius 2 is 2.04 bits per heavy atom. The Balaban J connectivity index is 0.00000288. The lowest BCUT2D eigenvalue weighted by molar-refractivity contribution is 0.414. The molecule has 1 aromatic heterocycles. The summed E-state index contributed by atoms with van der Waals surface area (Å²) in [5, 5.41) is 6.70. The first-order valence-electron chi connectivity index (χ1n) is 7.84. The number of halogens is 1. The van der Waals surface area contributed by atoms with Gasteiger partial charge in [-0.3, -0.25) is 4.99 Å². The number of hydrogen-bond acceptors (Lipinski definition) is 3. The molecule has 4 nitrogen and oxygen atoms in total. The predicted octanol–water partition coefficient (Wildman–Crippen LogP) is 3.98. The first-order valence-corrected chi connectivity index (χ1v) is 8.65. The Morgan fingerprint density at radius 1 is 1.21 bits per heavy atom. The number of nitrogens with one attached hydrogen (secondary N) is 2. The van der Waals surface area contributed by atoms with E-state index in [9.17, 15) is 0 Å². The minimum absolute atomic E-state index is 0. The fourth-order valence-corrected chi connectivity index (χ4v) is 3.13. The highest BCUT2D eigenvalue weighted by Gasteiger charge is 2.01. The molecule has 0 atom stereocenters. The van der Waals surface area contributed by atoms with E-state index in [4.69, 9.17) is 4.74 Å². The maximum Gasteiger partial charge on any atom is 0.191 e. The van der Waals surface area contributed by atoms with Crippen molar-refractivity contribution in [2.24, 2.45) is 4.99 Å². The summed E-state index contributed by atoms with van der Waals surface area (Å²) in [6, 6.07) is 12.5. The van der Waals surface area contributed by atoms with E-state index < -0.39 is 0 Å². The third kappa shape index (κ3) is 7.09. The third-order valence-corrected chi connectivity index (χ3v) is 4.52. The smallest absolute Gasteiger partial charge is 0.191 e. The lowest BCUT2D eigenvalue weighted by atomic mass is 10.1. The summed E-state index contributed by atoms with van der Waals surface area (Å²) >= 11 is 1.81. The van der Waals surface area contributed by atoms with Crippen LogP contribution < -0.4 is 15.4 Å². The third-order valence-electron chi connectivity index (χ3n) is 3.52. The summed E-state index contributed by atoms with van der Waals surface area (Å²) in [5.74, 6) is 1.76. The largest absolute Gasteiger partial charge is 0.497 e. The van der Waals surface area contributed by atoms with Crippen LogP contribution in [0.4, 0.5) is 0 Å². The molecule has 2 rings (SSSR count). The highest BCUT2D eigenvalue weighted by Crippen LogP contribution is 2.14. The molecule has 0 aliphatic rings. The Bertz CT molecular complexity index is 643. The van der Waals surface area contributed by atoms with E-state index in [2.05, 4.69) is 46.8 Å². The van der Waals surface area contributed by atoms with Gasteiger partial charge < -0.3 is 15.4 Å². The first-order chi connectivity index (χ1) is 11.2. The van der Waals surface area contributed by atoms with Crippen molar-refractivity contribution in [3.05, 3.63) is 51.7 Å². The molecule has 2 aromatic rings. The topological polar surface area (TPSA) is 45.7 Å². The molecule has 2 N–H and O–H groups in total. The molecule has 0 saturated heterocycles. The Kier molecular flexibility index (Phi) is 9.78. The van der Waals surface area contributed by atoms with Crippen molar-refractivity contribution in [1.82, 2.24) is 10.6 Å². The molecule has 0 saturated carbocycles. The average molecular weight is 459 g/mol. The number of rotatable bonds is 7. The lowest BCUT2D eigenvalue weighted by Gasteiger charge is -2.11. The Labute approximate surface area is 165 Å². The van der Waals surface area contributed by atoms with Crippen molar-refractivity contribution in [3.63, 3.8) is 0 Å². The summed E-state index contributed by atoms with van der Waals surface area (Å²) < 4.78 is 5.25. The normalized spacial score (nSPS) is 10.9. The van der Waals surface area contributed by atoms with E-state index in [1.165, 1.54) is 15.3 Å². The van der Waals surface area contributed by atoms with E-state index in [0.717, 1.165) is 37.6 Å². The summed E-state index contributed by atoms with van der Waals surface area (Å²) in [4.78, 5) is 6.92. The molecule has 132 valence electrons. The van der Waals surface area contributed by atoms with Crippen molar-refractivity contribution in [1.29, 1.82) is 0 Å². The molecule has 0 unspecified atom stereocenters. The number of aryl methyl sites for hydroxylation is 2. The zero-order valence-corrected chi connectivity index (χ0v) is 17.6. The number of ether oxygens (including phenoxy) is 1. The maximum absolute atomic E-state index is 5.25. The first kappa shape index (κ1) is 20.8. The van der Waals surface area contributed by atoms with Crippen LogP contribution in [0.5, 0.6) is 5.75 Å². The predicted molar refractivity (Wildman–Crippen MR) is 114 cm³/mol. The van der Waals surface area contributed by atoms with Crippen LogP contribution in [0.15, 0.2) is 41.4 Å². The fraction of sp³-hybridized carbons (Fsp3) is 0.389. The van der Waals surface area contributed by atoms with E-state index >= 15 is 0 Å². The number of thiophene rings is 1. The van der Waals surface area contributed by atoms with E-state index in [0.29, 0.717) is 0 Å². The molecule has 1 aromatic carbocycles. The second kappa shape index (κ2) is 11.3. The standard InChI is InChI=1S/C18H25N3OS.HI/c1-14-9-10-17(23-14)13-21-18(19-2)20-11-5-7-15-6-4-8-16(12-15)22-3;/h4,6,8-10,12H,5,7,11,13H2,1-3H3,(H2,19,20,21);1H. The van der Waals surface area contributed by atoms with Crippen LogP contribution in [-0.2, 0) is 13.0 Å². The number of methoxy groups -OCH3 is 1. The molecule has 0 fully saturated rings. The highest BCUT2D eigenvalue weighted by molar-refractivity contribution is 14.0. The van der Waals surface area contributed by atoms with Gasteiger partial charge in [-0.1, -0.05) is 12.1 Å². The van der Waals surface area contributed by atoms with Gasteiger partial charge in [-0.25, -0.2) is 0 Å². The van der Waals surface area contributed by atoms with Crippen LogP contribution >= 0.6 is 35.3 Å². The van der Waals surface area contributed by atoms with E-state index in [-0.39, 0.29) is 24.0 Å². The van der Waals surface area contributed by atoms with Gasteiger partial charge in [-0.2, -0.15) is 0 Å². The van der Waals surface area contributed by atoms with Crippen molar-refractivity contribution >= 4 is 41.3 Å². The highest BCUT2D eigenvalue weighted by atomic mass is 127. The number of benzene rings is 1. The Hall–Kier alpha value is -1.28. The van der Waals surface area contributed by atoms with Crippen LogP contribution in [0.1, 0.15) is 21.7 Å².